The van der Waals surface area contributed by atoms with Gasteiger partial charge < -0.3 is 19.5 Å². The number of alkyl halides is 3. The molecule has 1 aliphatic heterocycles. The Hall–Kier alpha value is -3.40. The van der Waals surface area contributed by atoms with Crippen LogP contribution in [0, 0.1) is 0 Å². The van der Waals surface area contributed by atoms with Crippen LogP contribution in [0.4, 0.5) is 18.9 Å². The van der Waals surface area contributed by atoms with Crippen molar-refractivity contribution in [2.75, 3.05) is 25.1 Å². The first-order valence-corrected chi connectivity index (χ1v) is 8.42. The van der Waals surface area contributed by atoms with Gasteiger partial charge in [0.15, 0.2) is 18.1 Å². The second-order valence-electron chi connectivity index (χ2n) is 5.85. The molecule has 0 unspecified atom stereocenters. The zero-order chi connectivity index (χ0) is 20.9. The summed E-state index contributed by atoms with van der Waals surface area (Å²) >= 11 is 0. The third-order valence-corrected chi connectivity index (χ3v) is 3.66. The van der Waals surface area contributed by atoms with Crippen molar-refractivity contribution in [3.63, 3.8) is 0 Å². The Morgan fingerprint density at radius 1 is 1.07 bits per heavy atom. The predicted molar refractivity (Wildman–Crippen MR) is 97.3 cm³/mol. The van der Waals surface area contributed by atoms with Crippen molar-refractivity contribution in [3.05, 3.63) is 54.6 Å². The summed E-state index contributed by atoms with van der Waals surface area (Å²) in [5, 5.41) is 2.48. The van der Waals surface area contributed by atoms with Gasteiger partial charge in [-0.1, -0.05) is 6.58 Å². The largest absolute Gasteiger partial charge is 0.573 e. The summed E-state index contributed by atoms with van der Waals surface area (Å²) in [7, 11) is 0. The van der Waals surface area contributed by atoms with Crippen LogP contribution in [0.3, 0.4) is 0 Å². The molecule has 1 aliphatic rings. The van der Waals surface area contributed by atoms with Crippen molar-refractivity contribution in [3.8, 4) is 17.2 Å². The molecule has 2 aromatic rings. The van der Waals surface area contributed by atoms with Crippen LogP contribution in [0.5, 0.6) is 17.2 Å². The van der Waals surface area contributed by atoms with Crippen LogP contribution in [0.1, 0.15) is 5.56 Å². The minimum Gasteiger partial charge on any atom is -0.486 e. The van der Waals surface area contributed by atoms with Crippen molar-refractivity contribution in [1.29, 1.82) is 0 Å². The molecule has 0 aliphatic carbocycles. The average Bonchev–Trinajstić information content (AvgIpc) is 2.68. The SMILES string of the molecule is C=C(NOCC(=O)Nc1ccc(OC(F)(F)F)cc1)c1ccc2c(c1)OCCO2. The standard InChI is InChI=1S/C19H17F3N2O5/c1-12(13-2-7-16-17(10-13)27-9-8-26-16)24-28-11-18(25)23-14-3-5-15(6-4-14)29-19(20,21)22/h2-7,10,24H,1,8-9,11H2,(H,23,25). The van der Waals surface area contributed by atoms with Gasteiger partial charge in [-0.2, -0.15) is 0 Å². The maximum atomic E-state index is 12.1. The van der Waals surface area contributed by atoms with Crippen molar-refractivity contribution >= 4 is 17.3 Å². The van der Waals surface area contributed by atoms with Crippen LogP contribution in [0.15, 0.2) is 49.0 Å². The number of carbonyl (C=O) groups excluding carboxylic acids is 1. The Morgan fingerprint density at radius 3 is 2.45 bits per heavy atom. The lowest BCUT2D eigenvalue weighted by Crippen LogP contribution is -2.23. The van der Waals surface area contributed by atoms with E-state index in [9.17, 15) is 18.0 Å². The summed E-state index contributed by atoms with van der Waals surface area (Å²) in [6, 6.07) is 9.98. The quantitative estimate of drug-likeness (QED) is 0.681. The number of halogens is 3. The van der Waals surface area contributed by atoms with Crippen molar-refractivity contribution in [1.82, 2.24) is 5.48 Å². The van der Waals surface area contributed by atoms with Gasteiger partial charge in [-0.25, -0.2) is 0 Å². The van der Waals surface area contributed by atoms with E-state index in [1.54, 1.807) is 18.2 Å². The molecule has 1 amide bonds. The molecule has 2 N–H and O–H groups in total. The third kappa shape index (κ3) is 6.04. The van der Waals surface area contributed by atoms with E-state index in [-0.39, 0.29) is 12.4 Å². The van der Waals surface area contributed by atoms with Gasteiger partial charge in [0.25, 0.3) is 5.91 Å². The Bertz CT molecular complexity index is 884. The highest BCUT2D eigenvalue weighted by atomic mass is 19.4. The highest BCUT2D eigenvalue weighted by molar-refractivity contribution is 5.91. The van der Waals surface area contributed by atoms with E-state index in [0.29, 0.717) is 41.7 Å². The number of carbonyl (C=O) groups is 1. The van der Waals surface area contributed by atoms with Crippen LogP contribution in [0.25, 0.3) is 5.70 Å². The predicted octanol–water partition coefficient (Wildman–Crippen LogP) is 3.49. The molecule has 154 valence electrons. The van der Waals surface area contributed by atoms with Crippen molar-refractivity contribution < 1.29 is 37.0 Å². The Balaban J connectivity index is 1.44. The number of hydrogen-bond donors (Lipinski definition) is 2. The normalized spacial score (nSPS) is 12.8. The monoisotopic (exact) mass is 410 g/mol. The summed E-state index contributed by atoms with van der Waals surface area (Å²) < 4.78 is 51.1. The fraction of sp³-hybridized carbons (Fsp3) is 0.211. The summed E-state index contributed by atoms with van der Waals surface area (Å²) in [6.07, 6.45) is -4.77. The first-order chi connectivity index (χ1) is 13.8. The first-order valence-electron chi connectivity index (χ1n) is 8.42. The maximum Gasteiger partial charge on any atom is 0.573 e. The fourth-order valence-electron chi connectivity index (χ4n) is 2.42. The fourth-order valence-corrected chi connectivity index (χ4v) is 2.42. The molecule has 2 aromatic carbocycles. The van der Waals surface area contributed by atoms with Crippen molar-refractivity contribution in [2.45, 2.75) is 6.36 Å². The number of nitrogens with one attached hydrogen (secondary N) is 2. The minimum absolute atomic E-state index is 0.291. The summed E-state index contributed by atoms with van der Waals surface area (Å²) in [6.45, 7) is 4.41. The first kappa shape index (κ1) is 20.3. The second kappa shape index (κ2) is 8.74. The van der Waals surface area contributed by atoms with Gasteiger partial charge in [-0.15, -0.1) is 13.2 Å². The number of benzene rings is 2. The number of ether oxygens (including phenoxy) is 3. The molecule has 0 spiro atoms. The Morgan fingerprint density at radius 2 is 1.76 bits per heavy atom. The third-order valence-electron chi connectivity index (χ3n) is 3.66. The average molecular weight is 410 g/mol. The number of hydroxylamine groups is 1. The van der Waals surface area contributed by atoms with Gasteiger partial charge in [0.05, 0.1) is 5.70 Å². The molecule has 0 atom stereocenters. The van der Waals surface area contributed by atoms with Crippen LogP contribution < -0.4 is 25.0 Å². The van der Waals surface area contributed by atoms with Crippen molar-refractivity contribution in [2.24, 2.45) is 0 Å². The van der Waals surface area contributed by atoms with Gasteiger partial charge in [0.2, 0.25) is 0 Å². The smallest absolute Gasteiger partial charge is 0.486 e. The molecule has 0 aromatic heterocycles. The molecule has 1 heterocycles. The summed E-state index contributed by atoms with van der Waals surface area (Å²) in [5.74, 6) is 0.327. The maximum absolute atomic E-state index is 12.1. The van der Waals surface area contributed by atoms with Gasteiger partial charge >= 0.3 is 6.36 Å². The summed E-state index contributed by atoms with van der Waals surface area (Å²) in [5.41, 5.74) is 3.95. The molecule has 7 nitrogen and oxygen atoms in total. The molecule has 0 fully saturated rings. The molecule has 10 heteroatoms. The number of fused-ring (bicyclic) bond motifs is 1. The molecule has 3 rings (SSSR count). The highest BCUT2D eigenvalue weighted by Crippen LogP contribution is 2.32. The number of anilines is 1. The summed E-state index contributed by atoms with van der Waals surface area (Å²) in [4.78, 5) is 17.0. The lowest BCUT2D eigenvalue weighted by Gasteiger charge is -2.19. The topological polar surface area (TPSA) is 78.1 Å². The lowest BCUT2D eigenvalue weighted by molar-refractivity contribution is -0.274. The van der Waals surface area contributed by atoms with Crippen LogP contribution >= 0.6 is 0 Å². The number of amides is 1. The molecular weight excluding hydrogens is 393 g/mol. The van der Waals surface area contributed by atoms with Gasteiger partial charge in [0, 0.05) is 11.3 Å². The van der Waals surface area contributed by atoms with E-state index >= 15 is 0 Å². The number of rotatable bonds is 7. The zero-order valence-corrected chi connectivity index (χ0v) is 15.0. The van der Waals surface area contributed by atoms with E-state index in [1.165, 1.54) is 12.1 Å². The molecule has 0 radical (unpaired) electrons. The van der Waals surface area contributed by atoms with E-state index in [1.807, 2.05) is 0 Å². The van der Waals surface area contributed by atoms with Gasteiger partial charge in [-0.05, 0) is 42.5 Å². The Labute approximate surface area is 164 Å². The van der Waals surface area contributed by atoms with Crippen LogP contribution in [0.2, 0.25) is 0 Å². The van der Waals surface area contributed by atoms with Crippen LogP contribution in [-0.2, 0) is 9.63 Å². The minimum atomic E-state index is -4.77. The van der Waals surface area contributed by atoms with E-state index in [0.717, 1.165) is 12.1 Å². The lowest BCUT2D eigenvalue weighted by atomic mass is 10.1. The molecule has 0 bridgehead atoms. The zero-order valence-electron chi connectivity index (χ0n) is 15.0. The molecule has 0 saturated carbocycles. The highest BCUT2D eigenvalue weighted by Gasteiger charge is 2.30. The van der Waals surface area contributed by atoms with Gasteiger partial charge in [0.1, 0.15) is 19.0 Å². The van der Waals surface area contributed by atoms with Gasteiger partial charge in [-0.3, -0.25) is 15.1 Å². The van der Waals surface area contributed by atoms with E-state index in [4.69, 9.17) is 14.3 Å². The molecule has 0 saturated heterocycles. The van der Waals surface area contributed by atoms with E-state index in [2.05, 4.69) is 22.1 Å². The molecule has 29 heavy (non-hydrogen) atoms. The second-order valence-corrected chi connectivity index (χ2v) is 5.85. The molecular formula is C19H17F3N2O5. The Kier molecular flexibility index (Phi) is 6.13. The number of hydrogen-bond acceptors (Lipinski definition) is 6. The van der Waals surface area contributed by atoms with Crippen LogP contribution in [-0.4, -0.2) is 32.1 Å². The van der Waals surface area contributed by atoms with E-state index < -0.39 is 12.3 Å².